The number of carboxylic acids is 1. The molecule has 2 heterocycles. The fourth-order valence-corrected chi connectivity index (χ4v) is 1.82. The molecule has 0 spiro atoms. The number of carbonyl (C=O) groups excluding carboxylic acids is 1. The second-order valence-electron chi connectivity index (χ2n) is 3.68. The van der Waals surface area contributed by atoms with E-state index in [0.717, 1.165) is 31.6 Å². The molecule has 1 saturated heterocycles. The van der Waals surface area contributed by atoms with Crippen molar-refractivity contribution in [3.05, 3.63) is 29.6 Å². The Morgan fingerprint density at radius 2 is 2.06 bits per heavy atom. The molecule has 1 aromatic heterocycles. The predicted octanol–water partition coefficient (Wildman–Crippen LogP) is -2.66. The zero-order valence-corrected chi connectivity index (χ0v) is 9.31. The summed E-state index contributed by atoms with van der Waals surface area (Å²) in [7, 11) is 0. The first-order valence-electron chi connectivity index (χ1n) is 5.01. The van der Waals surface area contributed by atoms with E-state index in [-0.39, 0.29) is 24.4 Å². The Morgan fingerprint density at radius 3 is 2.69 bits per heavy atom. The van der Waals surface area contributed by atoms with E-state index >= 15 is 0 Å². The average Bonchev–Trinajstić information content (AvgIpc) is 2.30. The van der Waals surface area contributed by atoms with Gasteiger partial charge >= 0.3 is 18.9 Å². The Labute approximate surface area is 106 Å². The Morgan fingerprint density at radius 1 is 1.38 bits per heavy atom. The zero-order valence-electron chi connectivity index (χ0n) is 9.31. The maximum atomic E-state index is 10.7. The van der Waals surface area contributed by atoms with E-state index in [2.05, 4.69) is 4.98 Å². The Kier molecular flexibility index (Phi) is 5.00. The van der Waals surface area contributed by atoms with Crippen molar-refractivity contribution in [2.75, 3.05) is 13.2 Å². The SMILES string of the molecule is O=C([O-])c1cncc(C2CCOCC2)c1.[Li+]. The second kappa shape index (κ2) is 6.05. The first-order chi connectivity index (χ1) is 7.27. The summed E-state index contributed by atoms with van der Waals surface area (Å²) in [6.45, 7) is 1.47. The summed E-state index contributed by atoms with van der Waals surface area (Å²) in [6.07, 6.45) is 4.90. The Hall–Kier alpha value is -0.823. The smallest absolute Gasteiger partial charge is 0.545 e. The average molecular weight is 213 g/mol. The maximum Gasteiger partial charge on any atom is 1.00 e. The summed E-state index contributed by atoms with van der Waals surface area (Å²) in [6, 6.07) is 1.65. The van der Waals surface area contributed by atoms with Gasteiger partial charge in [0.25, 0.3) is 0 Å². The van der Waals surface area contributed by atoms with Crippen LogP contribution in [0.15, 0.2) is 18.5 Å². The third kappa shape index (κ3) is 3.08. The van der Waals surface area contributed by atoms with Crippen molar-refractivity contribution in [1.29, 1.82) is 0 Å². The first-order valence-corrected chi connectivity index (χ1v) is 5.01. The van der Waals surface area contributed by atoms with Crippen LogP contribution in [-0.4, -0.2) is 24.2 Å². The van der Waals surface area contributed by atoms with Gasteiger partial charge in [-0.1, -0.05) is 0 Å². The van der Waals surface area contributed by atoms with E-state index in [4.69, 9.17) is 4.74 Å². The molecule has 1 aliphatic rings. The molecule has 16 heavy (non-hydrogen) atoms. The number of hydrogen-bond donors (Lipinski definition) is 0. The molecule has 0 atom stereocenters. The molecule has 0 amide bonds. The summed E-state index contributed by atoms with van der Waals surface area (Å²) in [4.78, 5) is 14.6. The van der Waals surface area contributed by atoms with Gasteiger partial charge in [0.1, 0.15) is 0 Å². The number of hydrogen-bond acceptors (Lipinski definition) is 4. The number of pyridine rings is 1. The van der Waals surface area contributed by atoms with Crippen LogP contribution in [0, 0.1) is 0 Å². The van der Waals surface area contributed by atoms with Crippen molar-refractivity contribution in [3.63, 3.8) is 0 Å². The van der Waals surface area contributed by atoms with Gasteiger partial charge in [-0.25, -0.2) is 0 Å². The van der Waals surface area contributed by atoms with Gasteiger partial charge in [0.15, 0.2) is 0 Å². The molecule has 0 N–H and O–H groups in total. The summed E-state index contributed by atoms with van der Waals surface area (Å²) in [5.41, 5.74) is 1.12. The Bertz CT molecular complexity index is 364. The minimum absolute atomic E-state index is 0. The molecule has 1 aliphatic heterocycles. The van der Waals surface area contributed by atoms with Crippen LogP contribution in [0.3, 0.4) is 0 Å². The van der Waals surface area contributed by atoms with Gasteiger partial charge in [0.05, 0.1) is 5.97 Å². The normalized spacial score (nSPS) is 16.5. The fraction of sp³-hybridized carbons (Fsp3) is 0.455. The molecule has 2 rings (SSSR count). The Balaban J connectivity index is 0.00000128. The monoisotopic (exact) mass is 213 g/mol. The fourth-order valence-electron chi connectivity index (χ4n) is 1.82. The molecule has 1 aromatic rings. The molecule has 0 unspecified atom stereocenters. The van der Waals surface area contributed by atoms with Gasteiger partial charge in [0.2, 0.25) is 0 Å². The zero-order chi connectivity index (χ0) is 10.7. The van der Waals surface area contributed by atoms with Crippen molar-refractivity contribution in [3.8, 4) is 0 Å². The van der Waals surface area contributed by atoms with Gasteiger partial charge in [-0.15, -0.1) is 0 Å². The summed E-state index contributed by atoms with van der Waals surface area (Å²) in [5.74, 6) is -0.804. The number of aromatic carboxylic acids is 1. The molecule has 4 nitrogen and oxygen atoms in total. The molecular weight excluding hydrogens is 201 g/mol. The minimum Gasteiger partial charge on any atom is -0.545 e. The quantitative estimate of drug-likeness (QED) is 0.503. The van der Waals surface area contributed by atoms with Crippen LogP contribution in [0.25, 0.3) is 0 Å². The van der Waals surface area contributed by atoms with Gasteiger partial charge in [-0.3, -0.25) is 4.98 Å². The molecule has 0 aliphatic carbocycles. The van der Waals surface area contributed by atoms with E-state index in [1.54, 1.807) is 12.3 Å². The van der Waals surface area contributed by atoms with Gasteiger partial charge in [-0.2, -0.15) is 0 Å². The topological polar surface area (TPSA) is 62.2 Å². The molecule has 0 aromatic carbocycles. The number of carbonyl (C=O) groups is 1. The van der Waals surface area contributed by atoms with Crippen LogP contribution in [-0.2, 0) is 4.74 Å². The summed E-state index contributed by atoms with van der Waals surface area (Å²) < 4.78 is 5.25. The summed E-state index contributed by atoms with van der Waals surface area (Å²) >= 11 is 0. The van der Waals surface area contributed by atoms with Gasteiger partial charge in [-0.05, 0) is 30.4 Å². The molecular formula is C11H12LiNO3. The van der Waals surface area contributed by atoms with Crippen LogP contribution in [0.4, 0.5) is 0 Å². The summed E-state index contributed by atoms with van der Waals surface area (Å²) in [5, 5.41) is 10.7. The number of rotatable bonds is 2. The second-order valence-corrected chi connectivity index (χ2v) is 3.68. The van der Waals surface area contributed by atoms with E-state index < -0.39 is 5.97 Å². The predicted molar refractivity (Wildman–Crippen MR) is 51.4 cm³/mol. The third-order valence-corrected chi connectivity index (χ3v) is 2.69. The number of nitrogens with zero attached hydrogens (tertiary/aromatic N) is 1. The minimum atomic E-state index is -1.17. The maximum absolute atomic E-state index is 10.7. The van der Waals surface area contributed by atoms with Crippen molar-refractivity contribution in [2.45, 2.75) is 18.8 Å². The molecule has 0 radical (unpaired) electrons. The van der Waals surface area contributed by atoms with E-state index in [0.29, 0.717) is 5.92 Å². The number of ether oxygens (including phenoxy) is 1. The van der Waals surface area contributed by atoms with Crippen molar-refractivity contribution in [2.24, 2.45) is 0 Å². The standard InChI is InChI=1S/C11H13NO3.Li/c13-11(14)10-5-9(6-12-7-10)8-1-3-15-4-2-8;/h5-8H,1-4H2,(H,13,14);/q;+1/p-1. The molecule has 80 valence electrons. The van der Waals surface area contributed by atoms with Crippen LogP contribution in [0.2, 0.25) is 0 Å². The number of carboxylic acid groups (broad SMARTS) is 1. The van der Waals surface area contributed by atoms with E-state index in [1.165, 1.54) is 6.20 Å². The van der Waals surface area contributed by atoms with Crippen LogP contribution in [0.5, 0.6) is 0 Å². The van der Waals surface area contributed by atoms with Crippen molar-refractivity contribution >= 4 is 5.97 Å². The molecule has 1 fully saturated rings. The molecule has 5 heteroatoms. The largest absolute Gasteiger partial charge is 1.00 e. The van der Waals surface area contributed by atoms with Crippen LogP contribution in [0.1, 0.15) is 34.7 Å². The van der Waals surface area contributed by atoms with E-state index in [9.17, 15) is 9.90 Å². The van der Waals surface area contributed by atoms with E-state index in [1.807, 2.05) is 0 Å². The van der Waals surface area contributed by atoms with Gasteiger partial charge in [0, 0.05) is 31.2 Å². The third-order valence-electron chi connectivity index (χ3n) is 2.69. The van der Waals surface area contributed by atoms with Crippen molar-refractivity contribution in [1.82, 2.24) is 4.98 Å². The van der Waals surface area contributed by atoms with Crippen LogP contribution >= 0.6 is 0 Å². The number of aromatic nitrogens is 1. The van der Waals surface area contributed by atoms with Crippen molar-refractivity contribution < 1.29 is 33.5 Å². The molecule has 0 bridgehead atoms. The first kappa shape index (κ1) is 13.2. The van der Waals surface area contributed by atoms with Gasteiger partial charge < -0.3 is 14.6 Å². The molecule has 0 saturated carbocycles. The van der Waals surface area contributed by atoms with Crippen LogP contribution < -0.4 is 24.0 Å².